The standard InChI is InChI=1S/C16H18F2O3.C2H6/c1-3-21-16(19-2)7-6-11-10(8-16)9-20-15-13(18)5-4-12(17)14(11)15;1-2/h4-5H,3,6-9H2,1-2H3;1-2H3. The summed E-state index contributed by atoms with van der Waals surface area (Å²) in [6, 6.07) is 2.25. The SMILES string of the molecule is CC.CCOC1(OC)CCC2=C(COc3c(F)ccc(F)c32)C1. The van der Waals surface area contributed by atoms with E-state index in [-0.39, 0.29) is 17.9 Å². The largest absolute Gasteiger partial charge is 0.485 e. The van der Waals surface area contributed by atoms with Gasteiger partial charge in [-0.1, -0.05) is 13.8 Å². The lowest BCUT2D eigenvalue weighted by Gasteiger charge is -2.39. The Morgan fingerprint density at radius 3 is 2.57 bits per heavy atom. The van der Waals surface area contributed by atoms with Crippen LogP contribution in [-0.4, -0.2) is 26.1 Å². The van der Waals surface area contributed by atoms with Crippen LogP contribution in [-0.2, 0) is 9.47 Å². The minimum atomic E-state index is -0.682. The van der Waals surface area contributed by atoms with E-state index >= 15 is 0 Å². The first-order valence-electron chi connectivity index (χ1n) is 8.11. The predicted octanol–water partition coefficient (Wildman–Crippen LogP) is 4.70. The van der Waals surface area contributed by atoms with Crippen LogP contribution in [0.25, 0.3) is 5.57 Å². The molecule has 23 heavy (non-hydrogen) atoms. The van der Waals surface area contributed by atoms with Crippen molar-refractivity contribution in [1.82, 2.24) is 0 Å². The summed E-state index contributed by atoms with van der Waals surface area (Å²) in [6.45, 7) is 6.70. The number of benzene rings is 1. The molecule has 0 amide bonds. The van der Waals surface area contributed by atoms with Crippen LogP contribution >= 0.6 is 0 Å². The fourth-order valence-corrected chi connectivity index (χ4v) is 3.19. The summed E-state index contributed by atoms with van der Waals surface area (Å²) >= 11 is 0. The van der Waals surface area contributed by atoms with Crippen molar-refractivity contribution in [2.24, 2.45) is 0 Å². The fourth-order valence-electron chi connectivity index (χ4n) is 3.19. The highest BCUT2D eigenvalue weighted by Crippen LogP contribution is 2.46. The summed E-state index contributed by atoms with van der Waals surface area (Å²) in [5, 5.41) is 0. The maximum atomic E-state index is 14.1. The molecule has 1 aliphatic heterocycles. The van der Waals surface area contributed by atoms with Crippen molar-refractivity contribution in [3.05, 3.63) is 34.9 Å². The smallest absolute Gasteiger partial charge is 0.172 e. The first-order valence-corrected chi connectivity index (χ1v) is 8.11. The van der Waals surface area contributed by atoms with Gasteiger partial charge in [-0.2, -0.15) is 0 Å². The molecule has 3 nitrogen and oxygen atoms in total. The van der Waals surface area contributed by atoms with Gasteiger partial charge in [0, 0.05) is 26.6 Å². The van der Waals surface area contributed by atoms with Crippen molar-refractivity contribution in [3.8, 4) is 5.75 Å². The zero-order chi connectivity index (χ0) is 17.0. The highest BCUT2D eigenvalue weighted by atomic mass is 19.1. The van der Waals surface area contributed by atoms with Crippen molar-refractivity contribution in [1.29, 1.82) is 0 Å². The van der Waals surface area contributed by atoms with Crippen LogP contribution in [0.2, 0.25) is 0 Å². The van der Waals surface area contributed by atoms with Crippen LogP contribution in [0.1, 0.15) is 45.6 Å². The minimum Gasteiger partial charge on any atom is -0.485 e. The van der Waals surface area contributed by atoms with Crippen LogP contribution in [0.4, 0.5) is 8.78 Å². The Bertz CT molecular complexity index is 598. The molecule has 0 aromatic heterocycles. The predicted molar refractivity (Wildman–Crippen MR) is 85.3 cm³/mol. The number of hydrogen-bond donors (Lipinski definition) is 0. The third kappa shape index (κ3) is 3.26. The van der Waals surface area contributed by atoms with Crippen molar-refractivity contribution >= 4 is 5.57 Å². The molecule has 1 aromatic carbocycles. The molecule has 0 radical (unpaired) electrons. The molecule has 0 N–H and O–H groups in total. The lowest BCUT2D eigenvalue weighted by molar-refractivity contribution is -0.224. The van der Waals surface area contributed by atoms with Crippen LogP contribution in [0.3, 0.4) is 0 Å². The fraction of sp³-hybridized carbons (Fsp3) is 0.556. The van der Waals surface area contributed by atoms with Crippen molar-refractivity contribution in [2.75, 3.05) is 20.3 Å². The molecule has 0 fully saturated rings. The summed E-state index contributed by atoms with van der Waals surface area (Å²) in [4.78, 5) is 0. The summed E-state index contributed by atoms with van der Waals surface area (Å²) in [5.41, 5.74) is 2.02. The molecule has 1 atom stereocenters. The van der Waals surface area contributed by atoms with Crippen LogP contribution < -0.4 is 4.74 Å². The molecule has 5 heteroatoms. The Labute approximate surface area is 136 Å². The number of methoxy groups -OCH3 is 1. The number of rotatable bonds is 3. The molecule has 0 spiro atoms. The van der Waals surface area contributed by atoms with E-state index in [1.54, 1.807) is 7.11 Å². The third-order valence-corrected chi connectivity index (χ3v) is 4.20. The highest BCUT2D eigenvalue weighted by molar-refractivity contribution is 5.76. The molecule has 1 aliphatic carbocycles. The third-order valence-electron chi connectivity index (χ3n) is 4.20. The monoisotopic (exact) mass is 326 g/mol. The van der Waals surface area contributed by atoms with Gasteiger partial charge >= 0.3 is 0 Å². The molecule has 0 saturated heterocycles. The Kier molecular flexibility index (Phi) is 5.76. The number of hydrogen-bond acceptors (Lipinski definition) is 3. The van der Waals surface area contributed by atoms with Gasteiger partial charge in [0.2, 0.25) is 0 Å². The maximum absolute atomic E-state index is 14.1. The Hall–Kier alpha value is -1.46. The van der Waals surface area contributed by atoms with Crippen LogP contribution in [0, 0.1) is 11.6 Å². The average Bonchev–Trinajstić information content (AvgIpc) is 2.59. The first-order chi connectivity index (χ1) is 11.1. The molecule has 1 aromatic rings. The Morgan fingerprint density at radius 2 is 1.91 bits per heavy atom. The second-order valence-electron chi connectivity index (χ2n) is 5.33. The Morgan fingerprint density at radius 1 is 1.22 bits per heavy atom. The summed E-state index contributed by atoms with van der Waals surface area (Å²) < 4.78 is 44.6. The summed E-state index contributed by atoms with van der Waals surface area (Å²) in [6.07, 6.45) is 1.72. The van der Waals surface area contributed by atoms with E-state index in [1.807, 2.05) is 20.8 Å². The van der Waals surface area contributed by atoms with E-state index in [0.29, 0.717) is 25.9 Å². The minimum absolute atomic E-state index is 0.0232. The topological polar surface area (TPSA) is 27.7 Å². The van der Waals surface area contributed by atoms with Crippen molar-refractivity contribution in [3.63, 3.8) is 0 Å². The zero-order valence-corrected chi connectivity index (χ0v) is 14.2. The summed E-state index contributed by atoms with van der Waals surface area (Å²) in [5.74, 6) is -1.63. The van der Waals surface area contributed by atoms with Gasteiger partial charge in [-0.25, -0.2) is 8.78 Å². The highest BCUT2D eigenvalue weighted by Gasteiger charge is 2.40. The molecule has 1 unspecified atom stereocenters. The van der Waals surface area contributed by atoms with Crippen LogP contribution in [0.15, 0.2) is 17.7 Å². The normalized spacial score (nSPS) is 22.5. The first kappa shape index (κ1) is 17.9. The molecule has 0 saturated carbocycles. The van der Waals surface area contributed by atoms with E-state index in [2.05, 4.69) is 0 Å². The molecule has 2 aliphatic rings. The molecular weight excluding hydrogens is 302 g/mol. The second kappa shape index (κ2) is 7.41. The van der Waals surface area contributed by atoms with E-state index in [9.17, 15) is 8.78 Å². The molecule has 0 bridgehead atoms. The average molecular weight is 326 g/mol. The van der Waals surface area contributed by atoms with Crippen molar-refractivity contribution < 1.29 is 23.0 Å². The summed E-state index contributed by atoms with van der Waals surface area (Å²) in [7, 11) is 1.61. The molecule has 3 rings (SSSR count). The molecule has 1 heterocycles. The lowest BCUT2D eigenvalue weighted by Crippen LogP contribution is -2.39. The van der Waals surface area contributed by atoms with Gasteiger partial charge in [0.05, 0.1) is 5.56 Å². The molecule has 128 valence electrons. The maximum Gasteiger partial charge on any atom is 0.172 e. The zero-order valence-electron chi connectivity index (χ0n) is 14.2. The van der Waals surface area contributed by atoms with Gasteiger partial charge in [-0.3, -0.25) is 0 Å². The van der Waals surface area contributed by atoms with Gasteiger partial charge < -0.3 is 14.2 Å². The number of fused-ring (bicyclic) bond motifs is 2. The van der Waals surface area contributed by atoms with E-state index in [0.717, 1.165) is 23.3 Å². The van der Waals surface area contributed by atoms with Crippen molar-refractivity contribution in [2.45, 2.75) is 45.8 Å². The van der Waals surface area contributed by atoms with Gasteiger partial charge in [0.25, 0.3) is 0 Å². The quantitative estimate of drug-likeness (QED) is 0.754. The van der Waals surface area contributed by atoms with Gasteiger partial charge in [0.1, 0.15) is 12.4 Å². The molecular formula is C18H24F2O3. The van der Waals surface area contributed by atoms with Gasteiger partial charge in [-0.05, 0) is 36.6 Å². The number of halogens is 2. The van der Waals surface area contributed by atoms with E-state index in [1.165, 1.54) is 0 Å². The number of ether oxygens (including phenoxy) is 3. The Balaban J connectivity index is 0.000000924. The van der Waals surface area contributed by atoms with Gasteiger partial charge in [0.15, 0.2) is 17.4 Å². The van der Waals surface area contributed by atoms with E-state index < -0.39 is 17.4 Å². The van der Waals surface area contributed by atoms with Gasteiger partial charge in [-0.15, -0.1) is 0 Å². The lowest BCUT2D eigenvalue weighted by atomic mass is 9.82. The van der Waals surface area contributed by atoms with Crippen LogP contribution in [0.5, 0.6) is 5.75 Å². The van der Waals surface area contributed by atoms with E-state index in [4.69, 9.17) is 14.2 Å². The number of allylic oxidation sites excluding steroid dienone is 1. The second-order valence-corrected chi connectivity index (χ2v) is 5.33.